The van der Waals surface area contributed by atoms with Crippen molar-refractivity contribution in [2.24, 2.45) is 0 Å². The van der Waals surface area contributed by atoms with E-state index in [4.69, 9.17) is 9.47 Å². The monoisotopic (exact) mass is 473 g/mol. The van der Waals surface area contributed by atoms with Gasteiger partial charge in [0.25, 0.3) is 5.69 Å². The molecule has 0 aromatic heterocycles. The van der Waals surface area contributed by atoms with Gasteiger partial charge < -0.3 is 24.4 Å². The largest absolute Gasteiger partial charge is 0.478 e. The van der Waals surface area contributed by atoms with Crippen molar-refractivity contribution in [3.8, 4) is 0 Å². The predicted octanol–water partition coefficient (Wildman–Crippen LogP) is 3.26. The van der Waals surface area contributed by atoms with Gasteiger partial charge in [0.15, 0.2) is 0 Å². The van der Waals surface area contributed by atoms with Crippen molar-refractivity contribution in [1.82, 2.24) is 9.80 Å². The van der Waals surface area contributed by atoms with E-state index in [2.05, 4.69) is 0 Å². The van der Waals surface area contributed by atoms with Crippen LogP contribution in [0.1, 0.15) is 44.6 Å². The second-order valence-electron chi connectivity index (χ2n) is 8.72. The van der Waals surface area contributed by atoms with Gasteiger partial charge in [-0.05, 0) is 52.8 Å². The molecule has 0 saturated carbocycles. The van der Waals surface area contributed by atoms with Crippen molar-refractivity contribution in [3.05, 3.63) is 62.5 Å². The highest BCUT2D eigenvalue weighted by atomic mass is 16.6. The number of rotatable bonds is 8. The van der Waals surface area contributed by atoms with Crippen molar-refractivity contribution in [3.63, 3.8) is 0 Å². The molecular formula is C24H31N3O7. The van der Waals surface area contributed by atoms with Gasteiger partial charge in [-0.2, -0.15) is 0 Å². The van der Waals surface area contributed by atoms with Gasteiger partial charge in [0.05, 0.1) is 22.0 Å². The van der Waals surface area contributed by atoms with E-state index >= 15 is 0 Å². The molecule has 0 spiro atoms. The van der Waals surface area contributed by atoms with Gasteiger partial charge in [0.2, 0.25) is 0 Å². The third-order valence-corrected chi connectivity index (χ3v) is 6.16. The van der Waals surface area contributed by atoms with Crippen molar-refractivity contribution in [2.75, 3.05) is 33.9 Å². The first-order chi connectivity index (χ1) is 16.1. The van der Waals surface area contributed by atoms with Gasteiger partial charge in [-0.3, -0.25) is 10.1 Å². The zero-order valence-corrected chi connectivity index (χ0v) is 19.9. The lowest BCUT2D eigenvalue weighted by Gasteiger charge is -2.42. The van der Waals surface area contributed by atoms with Gasteiger partial charge >= 0.3 is 11.9 Å². The van der Waals surface area contributed by atoms with E-state index in [1.54, 1.807) is 24.8 Å². The Bertz CT molecular complexity index is 1030. The van der Waals surface area contributed by atoms with Crippen LogP contribution in [-0.4, -0.2) is 71.9 Å². The van der Waals surface area contributed by atoms with E-state index in [1.807, 2.05) is 19.0 Å². The van der Waals surface area contributed by atoms with E-state index in [0.717, 1.165) is 12.8 Å². The zero-order valence-electron chi connectivity index (χ0n) is 19.9. The highest BCUT2D eigenvalue weighted by Crippen LogP contribution is 2.44. The van der Waals surface area contributed by atoms with Crippen LogP contribution in [0.15, 0.2) is 46.8 Å². The number of likely N-dealkylation sites (N-methyl/N-ethyl adjacent to an activating group) is 1. The summed E-state index contributed by atoms with van der Waals surface area (Å²) in [5, 5.41) is 21.6. The van der Waals surface area contributed by atoms with Gasteiger partial charge in [0.1, 0.15) is 12.8 Å². The Kier molecular flexibility index (Phi) is 8.06. The molecule has 0 amide bonds. The number of carbonyl (C=O) groups is 2. The normalized spacial score (nSPS) is 21.1. The van der Waals surface area contributed by atoms with Gasteiger partial charge in [-0.15, -0.1) is 0 Å². The van der Waals surface area contributed by atoms with Crippen molar-refractivity contribution in [1.29, 1.82) is 0 Å². The van der Waals surface area contributed by atoms with Crippen LogP contribution < -0.4 is 0 Å². The van der Waals surface area contributed by atoms with Crippen molar-refractivity contribution >= 4 is 17.6 Å². The first-order valence-electron chi connectivity index (χ1n) is 11.2. The molecule has 34 heavy (non-hydrogen) atoms. The molecular weight excluding hydrogens is 442 g/mol. The molecule has 3 rings (SSSR count). The van der Waals surface area contributed by atoms with Gasteiger partial charge in [-0.1, -0.05) is 12.1 Å². The van der Waals surface area contributed by atoms with E-state index in [9.17, 15) is 24.8 Å². The fourth-order valence-corrected chi connectivity index (χ4v) is 4.53. The number of esters is 1. The molecule has 10 heteroatoms. The molecule has 0 radical (unpaired) electrons. The van der Waals surface area contributed by atoms with Gasteiger partial charge in [0, 0.05) is 36.7 Å². The van der Waals surface area contributed by atoms with Crippen LogP contribution in [0.25, 0.3) is 0 Å². The predicted molar refractivity (Wildman–Crippen MR) is 124 cm³/mol. The first-order valence-corrected chi connectivity index (χ1v) is 11.2. The number of carbonyl (C=O) groups excluding carboxylic acids is 1. The van der Waals surface area contributed by atoms with Crippen LogP contribution >= 0.6 is 0 Å². The number of nitro groups is 1. The highest BCUT2D eigenvalue weighted by Gasteiger charge is 2.42. The second kappa shape index (κ2) is 10.8. The second-order valence-corrected chi connectivity index (χ2v) is 8.72. The Labute approximate surface area is 198 Å². The molecule has 184 valence electrons. The summed E-state index contributed by atoms with van der Waals surface area (Å²) in [5.74, 6) is -2.88. The number of allylic oxidation sites excluding steroid dienone is 2. The maximum atomic E-state index is 13.4. The van der Waals surface area contributed by atoms with E-state index in [0.29, 0.717) is 36.5 Å². The van der Waals surface area contributed by atoms with Crippen LogP contribution in [0.5, 0.6) is 0 Å². The molecule has 1 aromatic rings. The maximum Gasteiger partial charge on any atom is 0.336 e. The Morgan fingerprint density at radius 2 is 1.94 bits per heavy atom. The molecule has 1 fully saturated rings. The van der Waals surface area contributed by atoms with E-state index in [1.165, 1.54) is 18.2 Å². The van der Waals surface area contributed by atoms with E-state index in [-0.39, 0.29) is 23.4 Å². The number of non-ortho nitro benzene ring substituents is 1. The van der Waals surface area contributed by atoms with Crippen LogP contribution in [0.3, 0.4) is 0 Å². The van der Waals surface area contributed by atoms with Crippen molar-refractivity contribution in [2.45, 2.75) is 45.3 Å². The standard InChI is InChI=1S/C24H31N3O7/c1-15-20(23(28)29)22(17-8-7-9-18(14-17)27(31)32)21(24(30)34-13-11-25(3)4)16(2)26(15)19-10-5-6-12-33-19/h7-9,14,19,22H,5-6,10-13H2,1-4H3,(H,28,29)/t19?,22-/m0/s1. The summed E-state index contributed by atoms with van der Waals surface area (Å²) in [6.45, 7) is 4.59. The molecule has 1 aromatic carbocycles. The smallest absolute Gasteiger partial charge is 0.336 e. The third-order valence-electron chi connectivity index (χ3n) is 6.16. The lowest BCUT2D eigenvalue weighted by atomic mass is 9.79. The topological polar surface area (TPSA) is 122 Å². The quantitative estimate of drug-likeness (QED) is 0.344. The summed E-state index contributed by atoms with van der Waals surface area (Å²) in [5.41, 5.74) is 1.25. The maximum absolute atomic E-state index is 13.4. The minimum atomic E-state index is -1.21. The Hall–Kier alpha value is -3.24. The first kappa shape index (κ1) is 25.4. The van der Waals surface area contributed by atoms with Gasteiger partial charge in [-0.25, -0.2) is 9.59 Å². The molecule has 2 heterocycles. The number of ether oxygens (including phenoxy) is 2. The average molecular weight is 474 g/mol. The number of benzene rings is 1. The highest BCUT2D eigenvalue weighted by molar-refractivity contribution is 5.99. The number of nitro benzene ring substituents is 1. The summed E-state index contributed by atoms with van der Waals surface area (Å²) in [4.78, 5) is 40.4. The molecule has 2 aliphatic rings. The molecule has 2 atom stereocenters. The minimum absolute atomic E-state index is 0.0279. The van der Waals surface area contributed by atoms with Crippen molar-refractivity contribution < 1.29 is 29.1 Å². The van der Waals surface area contributed by atoms with Crippen LogP contribution in [0.4, 0.5) is 5.69 Å². The van der Waals surface area contributed by atoms with Crippen LogP contribution in [-0.2, 0) is 19.1 Å². The fourth-order valence-electron chi connectivity index (χ4n) is 4.53. The summed E-state index contributed by atoms with van der Waals surface area (Å²) in [6.07, 6.45) is 2.11. The Morgan fingerprint density at radius 3 is 2.53 bits per heavy atom. The van der Waals surface area contributed by atoms with Crippen LogP contribution in [0, 0.1) is 10.1 Å². The number of carboxylic acids is 1. The Morgan fingerprint density at radius 1 is 1.24 bits per heavy atom. The molecule has 10 nitrogen and oxygen atoms in total. The zero-order chi connectivity index (χ0) is 25.0. The van der Waals surface area contributed by atoms with E-state index < -0.39 is 29.0 Å². The van der Waals surface area contributed by atoms with Crippen LogP contribution in [0.2, 0.25) is 0 Å². The molecule has 2 aliphatic heterocycles. The SMILES string of the molecule is CC1=C(C(=O)O)[C@H](c2cccc([N+](=O)[O-])c2)C(C(=O)OCCN(C)C)=C(C)N1C1CCCCO1. The summed E-state index contributed by atoms with van der Waals surface area (Å²) in [6, 6.07) is 5.73. The third kappa shape index (κ3) is 5.28. The molecule has 1 N–H and O–H groups in total. The summed E-state index contributed by atoms with van der Waals surface area (Å²) < 4.78 is 11.5. The lowest BCUT2D eigenvalue weighted by Crippen LogP contribution is -2.43. The molecule has 0 aliphatic carbocycles. The number of hydrogen-bond acceptors (Lipinski definition) is 8. The molecule has 1 unspecified atom stereocenters. The summed E-state index contributed by atoms with van der Waals surface area (Å²) in [7, 11) is 3.70. The number of aliphatic carboxylic acids is 1. The number of carboxylic acid groups (broad SMARTS) is 1. The summed E-state index contributed by atoms with van der Waals surface area (Å²) >= 11 is 0. The minimum Gasteiger partial charge on any atom is -0.478 e. The lowest BCUT2D eigenvalue weighted by molar-refractivity contribution is -0.384. The average Bonchev–Trinajstić information content (AvgIpc) is 2.78. The molecule has 1 saturated heterocycles. The number of hydrogen-bond donors (Lipinski definition) is 1. The Balaban J connectivity index is 2.17. The molecule has 0 bridgehead atoms. The number of nitrogens with zero attached hydrogens (tertiary/aromatic N) is 3. The fraction of sp³-hybridized carbons (Fsp3) is 0.500.